The molecule has 55 heavy (non-hydrogen) atoms. The zero-order valence-corrected chi connectivity index (χ0v) is 35.3. The first-order valence-corrected chi connectivity index (χ1v) is 23.6. The van der Waals surface area contributed by atoms with Gasteiger partial charge in [-0.3, -0.25) is 13.8 Å². The smallest absolute Gasteiger partial charge is 0.393 e. The number of aliphatic hydroxyl groups excluding tert-OH is 7. The molecule has 9 N–H and O–H groups in total. The molecule has 0 radical (unpaired) electrons. The van der Waals surface area contributed by atoms with Crippen molar-refractivity contribution in [2.75, 3.05) is 6.61 Å². The maximum atomic E-state index is 12.9. The topological polar surface area (TPSA) is 226 Å². The second-order valence-electron chi connectivity index (χ2n) is 16.1. The van der Waals surface area contributed by atoms with Crippen molar-refractivity contribution in [1.82, 2.24) is 5.32 Å². The summed E-state index contributed by atoms with van der Waals surface area (Å²) < 4.78 is 22.8. The fourth-order valence-corrected chi connectivity index (χ4v) is 8.27. The van der Waals surface area contributed by atoms with E-state index in [0.29, 0.717) is 12.8 Å². The van der Waals surface area contributed by atoms with Crippen LogP contribution < -0.4 is 5.32 Å². The predicted octanol–water partition coefficient (Wildman–Crippen LogP) is 6.48. The number of aliphatic hydroxyl groups is 7. The Bertz CT molecular complexity index is 964. The molecule has 0 saturated heterocycles. The third-order valence-corrected chi connectivity index (χ3v) is 12.0. The van der Waals surface area contributed by atoms with Crippen LogP contribution in [0.15, 0.2) is 0 Å². The lowest BCUT2D eigenvalue weighted by atomic mass is 9.85. The molecule has 0 aromatic heterocycles. The van der Waals surface area contributed by atoms with Crippen LogP contribution >= 0.6 is 7.82 Å². The average molecular weight is 812 g/mol. The van der Waals surface area contributed by atoms with Gasteiger partial charge in [-0.05, 0) is 12.8 Å². The number of rotatable bonds is 36. The Balaban J connectivity index is 2.50. The van der Waals surface area contributed by atoms with Gasteiger partial charge in [0.15, 0.2) is 0 Å². The van der Waals surface area contributed by atoms with Crippen molar-refractivity contribution in [2.45, 2.75) is 249 Å². The van der Waals surface area contributed by atoms with Gasteiger partial charge in [-0.15, -0.1) is 0 Å². The van der Waals surface area contributed by atoms with Gasteiger partial charge >= 0.3 is 7.82 Å². The molecule has 1 rings (SSSR count). The molecule has 1 saturated carbocycles. The van der Waals surface area contributed by atoms with E-state index in [-0.39, 0.29) is 12.8 Å². The first-order valence-electron chi connectivity index (χ1n) is 22.1. The first kappa shape index (κ1) is 52.3. The molecule has 1 aliphatic rings. The number of phosphoric ester groups is 1. The Kier molecular flexibility index (Phi) is 30.6. The number of hydrogen-bond acceptors (Lipinski definition) is 11. The van der Waals surface area contributed by atoms with Gasteiger partial charge in [0.25, 0.3) is 0 Å². The molecule has 1 aliphatic carbocycles. The van der Waals surface area contributed by atoms with Crippen molar-refractivity contribution in [2.24, 2.45) is 0 Å². The average Bonchev–Trinajstić information content (AvgIpc) is 3.15. The number of phosphoric acid groups is 1. The summed E-state index contributed by atoms with van der Waals surface area (Å²) in [6.45, 7) is 3.73. The van der Waals surface area contributed by atoms with Crippen LogP contribution in [0.5, 0.6) is 0 Å². The summed E-state index contributed by atoms with van der Waals surface area (Å²) in [5, 5.41) is 74.3. The lowest BCUT2D eigenvalue weighted by Crippen LogP contribution is -2.64. The predicted molar refractivity (Wildman–Crippen MR) is 215 cm³/mol. The van der Waals surface area contributed by atoms with Crippen molar-refractivity contribution >= 4 is 13.7 Å². The van der Waals surface area contributed by atoms with Gasteiger partial charge in [0.1, 0.15) is 36.6 Å². The highest BCUT2D eigenvalue weighted by molar-refractivity contribution is 7.47. The quantitative estimate of drug-likeness (QED) is 0.0245. The van der Waals surface area contributed by atoms with Crippen molar-refractivity contribution in [3.63, 3.8) is 0 Å². The monoisotopic (exact) mass is 812 g/mol. The lowest BCUT2D eigenvalue weighted by Gasteiger charge is -2.41. The number of carbonyl (C=O) groups is 1. The Morgan fingerprint density at radius 3 is 1.31 bits per heavy atom. The van der Waals surface area contributed by atoms with E-state index in [2.05, 4.69) is 19.2 Å². The standard InChI is InChI=1S/C41H82NO12P/c1-3-5-7-9-11-12-13-14-15-16-17-18-19-20-21-23-25-27-29-34(44)33(42-35(45)30-32(43)28-26-24-22-10-8-6-4-2)31-53-55(51,52)54-41-39(49)37(47)36(46)38(48)40(41)50/h32-34,36-41,43-44,46-50H,3-31H2,1-2H3,(H,42,45)(H,51,52). The zero-order chi connectivity index (χ0) is 40.9. The number of carbonyl (C=O) groups excluding carboxylic acids is 1. The molecule has 8 unspecified atom stereocenters. The zero-order valence-electron chi connectivity index (χ0n) is 34.4. The van der Waals surface area contributed by atoms with Gasteiger partial charge < -0.3 is 46.0 Å². The Morgan fingerprint density at radius 1 is 0.564 bits per heavy atom. The summed E-state index contributed by atoms with van der Waals surface area (Å²) in [5.41, 5.74) is 0. The van der Waals surface area contributed by atoms with E-state index in [9.17, 15) is 50.0 Å². The van der Waals surface area contributed by atoms with Crippen molar-refractivity contribution in [3.8, 4) is 0 Å². The third kappa shape index (κ3) is 24.7. The molecule has 0 aromatic carbocycles. The van der Waals surface area contributed by atoms with E-state index in [0.717, 1.165) is 51.4 Å². The van der Waals surface area contributed by atoms with E-state index in [1.807, 2.05) is 0 Å². The Morgan fingerprint density at radius 2 is 0.909 bits per heavy atom. The highest BCUT2D eigenvalue weighted by atomic mass is 31.2. The van der Waals surface area contributed by atoms with Crippen molar-refractivity contribution < 1.29 is 59.0 Å². The van der Waals surface area contributed by atoms with Crippen LogP contribution in [0.1, 0.15) is 194 Å². The van der Waals surface area contributed by atoms with Crippen LogP contribution in [0, 0.1) is 0 Å². The van der Waals surface area contributed by atoms with Crippen LogP contribution in [-0.2, 0) is 18.4 Å². The van der Waals surface area contributed by atoms with Gasteiger partial charge in [-0.1, -0.05) is 174 Å². The summed E-state index contributed by atoms with van der Waals surface area (Å²) >= 11 is 0. The summed E-state index contributed by atoms with van der Waals surface area (Å²) in [7, 11) is -5.10. The minimum atomic E-state index is -5.10. The molecule has 0 aliphatic heterocycles. The number of hydrogen-bond donors (Lipinski definition) is 9. The second kappa shape index (κ2) is 32.2. The molecule has 14 heteroatoms. The largest absolute Gasteiger partial charge is 0.472 e. The van der Waals surface area contributed by atoms with Gasteiger partial charge in [0.05, 0.1) is 31.3 Å². The van der Waals surface area contributed by atoms with Gasteiger partial charge in [-0.25, -0.2) is 4.57 Å². The minimum absolute atomic E-state index is 0.218. The van der Waals surface area contributed by atoms with E-state index in [4.69, 9.17) is 9.05 Å². The van der Waals surface area contributed by atoms with E-state index < -0.39 is 75.2 Å². The molecular formula is C41H82NO12P. The molecule has 0 aromatic rings. The number of unbranched alkanes of at least 4 members (excludes halogenated alkanes) is 23. The van der Waals surface area contributed by atoms with Crippen LogP contribution in [0.4, 0.5) is 0 Å². The summed E-state index contributed by atoms with van der Waals surface area (Å²) in [6, 6.07) is -1.15. The van der Waals surface area contributed by atoms with Crippen molar-refractivity contribution in [1.29, 1.82) is 0 Å². The van der Waals surface area contributed by atoms with Crippen molar-refractivity contribution in [3.05, 3.63) is 0 Å². The van der Waals surface area contributed by atoms with Crippen LogP contribution in [-0.4, -0.2) is 108 Å². The normalized spacial score (nSPS) is 24.3. The summed E-state index contributed by atoms with van der Waals surface area (Å²) in [5.74, 6) is -0.562. The van der Waals surface area contributed by atoms with Crippen LogP contribution in [0.2, 0.25) is 0 Å². The highest BCUT2D eigenvalue weighted by Crippen LogP contribution is 2.47. The maximum absolute atomic E-state index is 12.9. The molecule has 0 spiro atoms. The lowest BCUT2D eigenvalue weighted by molar-refractivity contribution is -0.220. The van der Waals surface area contributed by atoms with Gasteiger partial charge in [0, 0.05) is 0 Å². The molecule has 8 atom stereocenters. The Hall–Kier alpha value is -0.700. The molecule has 1 fully saturated rings. The van der Waals surface area contributed by atoms with E-state index in [1.165, 1.54) is 103 Å². The van der Waals surface area contributed by atoms with Gasteiger partial charge in [-0.2, -0.15) is 0 Å². The fraction of sp³-hybridized carbons (Fsp3) is 0.976. The first-order chi connectivity index (χ1) is 26.3. The van der Waals surface area contributed by atoms with Crippen LogP contribution in [0.25, 0.3) is 0 Å². The Labute approximate surface area is 332 Å². The second-order valence-corrected chi connectivity index (χ2v) is 17.5. The fourth-order valence-electron chi connectivity index (χ4n) is 7.30. The van der Waals surface area contributed by atoms with E-state index >= 15 is 0 Å². The summed E-state index contributed by atoms with van der Waals surface area (Å²) in [6.07, 6.45) is 16.1. The molecule has 0 bridgehead atoms. The van der Waals surface area contributed by atoms with Crippen LogP contribution in [0.3, 0.4) is 0 Å². The summed E-state index contributed by atoms with van der Waals surface area (Å²) in [4.78, 5) is 23.3. The van der Waals surface area contributed by atoms with Gasteiger partial charge in [0.2, 0.25) is 5.91 Å². The highest BCUT2D eigenvalue weighted by Gasteiger charge is 2.51. The molecule has 13 nitrogen and oxygen atoms in total. The third-order valence-electron chi connectivity index (χ3n) is 11.0. The van der Waals surface area contributed by atoms with E-state index in [1.54, 1.807) is 0 Å². The minimum Gasteiger partial charge on any atom is -0.393 e. The SMILES string of the molecule is CCCCCCCCCCCCCCCCCCCCC(O)C(COP(=O)(O)OC1C(O)C(O)C(O)C(O)C1O)NC(=O)CC(O)CCCCCCCCC. The number of amides is 1. The molecular weight excluding hydrogens is 729 g/mol. The molecule has 328 valence electrons. The number of nitrogens with one attached hydrogen (secondary N) is 1. The molecule has 0 heterocycles. The maximum Gasteiger partial charge on any atom is 0.472 e. The molecule has 1 amide bonds.